The van der Waals surface area contributed by atoms with E-state index in [4.69, 9.17) is 0 Å². The second-order valence-corrected chi connectivity index (χ2v) is 5.61. The molecule has 2 rings (SSSR count). The van der Waals surface area contributed by atoms with E-state index in [1.165, 1.54) is 19.3 Å². The van der Waals surface area contributed by atoms with Crippen LogP contribution < -0.4 is 10.6 Å². The van der Waals surface area contributed by atoms with Gasteiger partial charge in [0.05, 0.1) is 0 Å². The lowest BCUT2D eigenvalue weighted by molar-refractivity contribution is 0.276. The highest BCUT2D eigenvalue weighted by molar-refractivity contribution is 5.42. The van der Waals surface area contributed by atoms with Crippen LogP contribution in [-0.4, -0.2) is 23.1 Å². The van der Waals surface area contributed by atoms with Gasteiger partial charge in [0.25, 0.3) is 0 Å². The van der Waals surface area contributed by atoms with Gasteiger partial charge in [0.2, 0.25) is 5.95 Å². The Bertz CT molecular complexity index is 405. The quantitative estimate of drug-likeness (QED) is 0.863. The molecule has 4 heteroatoms. The van der Waals surface area contributed by atoms with Gasteiger partial charge in [-0.15, -0.1) is 0 Å². The molecular weight excluding hydrogens is 224 g/mol. The number of nitrogens with one attached hydrogen (secondary N) is 2. The largest absolute Gasteiger partial charge is 0.367 e. The Hall–Kier alpha value is -1.32. The van der Waals surface area contributed by atoms with Crippen LogP contribution >= 0.6 is 0 Å². The molecule has 3 unspecified atom stereocenters. The van der Waals surface area contributed by atoms with Crippen molar-refractivity contribution in [3.63, 3.8) is 0 Å². The van der Waals surface area contributed by atoms with Crippen LogP contribution in [0.15, 0.2) is 6.07 Å². The molecule has 18 heavy (non-hydrogen) atoms. The van der Waals surface area contributed by atoms with Gasteiger partial charge in [0, 0.05) is 24.8 Å². The molecule has 0 spiro atoms. The first-order valence-corrected chi connectivity index (χ1v) is 6.88. The molecule has 1 aliphatic rings. The standard InChI is InChI=1S/C14H24N4/c1-9-5-6-12(10(2)7-9)17-13-8-11(3)16-14(15-4)18-13/h8-10,12H,5-7H2,1-4H3,(H2,15,16,17,18). The van der Waals surface area contributed by atoms with Crippen molar-refractivity contribution < 1.29 is 0 Å². The van der Waals surface area contributed by atoms with Gasteiger partial charge >= 0.3 is 0 Å². The zero-order valence-electron chi connectivity index (χ0n) is 11.8. The van der Waals surface area contributed by atoms with Gasteiger partial charge in [-0.25, -0.2) is 4.98 Å². The van der Waals surface area contributed by atoms with E-state index < -0.39 is 0 Å². The molecule has 100 valence electrons. The van der Waals surface area contributed by atoms with Crippen LogP contribution in [0.2, 0.25) is 0 Å². The normalized spacial score (nSPS) is 27.9. The van der Waals surface area contributed by atoms with Crippen molar-refractivity contribution in [3.05, 3.63) is 11.8 Å². The van der Waals surface area contributed by atoms with Crippen LogP contribution in [0.1, 0.15) is 38.8 Å². The highest BCUT2D eigenvalue weighted by Gasteiger charge is 2.25. The molecule has 0 aliphatic heterocycles. The average molecular weight is 248 g/mol. The van der Waals surface area contributed by atoms with E-state index in [9.17, 15) is 0 Å². The van der Waals surface area contributed by atoms with Gasteiger partial charge in [0.1, 0.15) is 5.82 Å². The summed E-state index contributed by atoms with van der Waals surface area (Å²) >= 11 is 0. The summed E-state index contributed by atoms with van der Waals surface area (Å²) in [5.41, 5.74) is 0.994. The molecule has 2 N–H and O–H groups in total. The van der Waals surface area contributed by atoms with Crippen molar-refractivity contribution in [1.29, 1.82) is 0 Å². The highest BCUT2D eigenvalue weighted by atomic mass is 15.1. The lowest BCUT2D eigenvalue weighted by Gasteiger charge is -2.33. The molecular formula is C14H24N4. The van der Waals surface area contributed by atoms with E-state index in [-0.39, 0.29) is 0 Å². The minimum atomic E-state index is 0.542. The summed E-state index contributed by atoms with van der Waals surface area (Å²) in [4.78, 5) is 8.78. The molecule has 0 amide bonds. The summed E-state index contributed by atoms with van der Waals surface area (Å²) in [5, 5.41) is 6.58. The Morgan fingerprint density at radius 2 is 2.00 bits per heavy atom. The Labute approximate surface area is 110 Å². The maximum atomic E-state index is 4.47. The van der Waals surface area contributed by atoms with E-state index in [2.05, 4.69) is 34.4 Å². The first-order valence-electron chi connectivity index (χ1n) is 6.88. The monoisotopic (exact) mass is 248 g/mol. The summed E-state index contributed by atoms with van der Waals surface area (Å²) in [6.45, 7) is 6.68. The summed E-state index contributed by atoms with van der Waals surface area (Å²) in [7, 11) is 1.85. The smallest absolute Gasteiger partial charge is 0.224 e. The molecule has 0 saturated heterocycles. The van der Waals surface area contributed by atoms with Crippen molar-refractivity contribution >= 4 is 11.8 Å². The van der Waals surface area contributed by atoms with E-state index in [0.717, 1.165) is 17.4 Å². The van der Waals surface area contributed by atoms with E-state index in [0.29, 0.717) is 17.9 Å². The van der Waals surface area contributed by atoms with Crippen LogP contribution in [0.3, 0.4) is 0 Å². The molecule has 1 aromatic rings. The number of hydrogen-bond donors (Lipinski definition) is 2. The zero-order chi connectivity index (χ0) is 13.1. The number of aryl methyl sites for hydroxylation is 1. The van der Waals surface area contributed by atoms with Gasteiger partial charge < -0.3 is 10.6 Å². The van der Waals surface area contributed by atoms with Crippen LogP contribution in [0.5, 0.6) is 0 Å². The Balaban J connectivity index is 2.06. The van der Waals surface area contributed by atoms with Crippen molar-refractivity contribution in [3.8, 4) is 0 Å². The SMILES string of the molecule is CNc1nc(C)cc(NC2CCC(C)CC2C)n1. The second-order valence-electron chi connectivity index (χ2n) is 5.61. The molecule has 3 atom stereocenters. The number of hydrogen-bond acceptors (Lipinski definition) is 4. The Kier molecular flexibility index (Phi) is 4.04. The first-order chi connectivity index (χ1) is 8.58. The molecule has 4 nitrogen and oxygen atoms in total. The van der Waals surface area contributed by atoms with Crippen molar-refractivity contribution in [2.75, 3.05) is 17.7 Å². The van der Waals surface area contributed by atoms with Gasteiger partial charge in [-0.1, -0.05) is 13.8 Å². The van der Waals surface area contributed by atoms with E-state index in [1.807, 2.05) is 20.0 Å². The predicted octanol–water partition coefficient (Wildman–Crippen LogP) is 3.06. The van der Waals surface area contributed by atoms with Crippen LogP contribution in [-0.2, 0) is 0 Å². The molecule has 0 aromatic carbocycles. The minimum absolute atomic E-state index is 0.542. The fourth-order valence-corrected chi connectivity index (χ4v) is 2.82. The lowest BCUT2D eigenvalue weighted by Crippen LogP contribution is -2.33. The average Bonchev–Trinajstić information content (AvgIpc) is 2.32. The number of rotatable bonds is 3. The van der Waals surface area contributed by atoms with Crippen LogP contribution in [0, 0.1) is 18.8 Å². The molecule has 1 aromatic heterocycles. The zero-order valence-corrected chi connectivity index (χ0v) is 11.8. The summed E-state index contributed by atoms with van der Waals surface area (Å²) in [5.74, 6) is 3.20. The van der Waals surface area contributed by atoms with Gasteiger partial charge in [-0.05, 0) is 38.0 Å². The van der Waals surface area contributed by atoms with Crippen LogP contribution in [0.4, 0.5) is 11.8 Å². The fraction of sp³-hybridized carbons (Fsp3) is 0.714. The lowest BCUT2D eigenvalue weighted by atomic mass is 9.80. The summed E-state index contributed by atoms with van der Waals surface area (Å²) in [6.07, 6.45) is 3.85. The van der Waals surface area contributed by atoms with Gasteiger partial charge in [-0.2, -0.15) is 4.98 Å². The molecule has 1 saturated carbocycles. The third kappa shape index (κ3) is 3.12. The molecule has 1 fully saturated rings. The minimum Gasteiger partial charge on any atom is -0.367 e. The topological polar surface area (TPSA) is 49.8 Å². The van der Waals surface area contributed by atoms with E-state index >= 15 is 0 Å². The molecule has 0 bridgehead atoms. The number of nitrogens with zero attached hydrogens (tertiary/aromatic N) is 2. The molecule has 1 aliphatic carbocycles. The predicted molar refractivity (Wildman–Crippen MR) is 75.9 cm³/mol. The third-order valence-electron chi connectivity index (χ3n) is 3.84. The summed E-state index contributed by atoms with van der Waals surface area (Å²) < 4.78 is 0. The second kappa shape index (κ2) is 5.55. The van der Waals surface area contributed by atoms with Gasteiger partial charge in [-0.3, -0.25) is 0 Å². The van der Waals surface area contributed by atoms with Crippen molar-refractivity contribution in [2.24, 2.45) is 11.8 Å². The maximum Gasteiger partial charge on any atom is 0.224 e. The van der Waals surface area contributed by atoms with E-state index in [1.54, 1.807) is 0 Å². The Morgan fingerprint density at radius 1 is 1.22 bits per heavy atom. The Morgan fingerprint density at radius 3 is 2.67 bits per heavy atom. The van der Waals surface area contributed by atoms with Gasteiger partial charge in [0.15, 0.2) is 0 Å². The highest BCUT2D eigenvalue weighted by Crippen LogP contribution is 2.30. The summed E-state index contributed by atoms with van der Waals surface area (Å²) in [6, 6.07) is 2.56. The number of aromatic nitrogens is 2. The maximum absolute atomic E-state index is 4.47. The third-order valence-corrected chi connectivity index (χ3v) is 3.84. The van der Waals surface area contributed by atoms with Crippen molar-refractivity contribution in [2.45, 2.75) is 46.1 Å². The molecule has 1 heterocycles. The van der Waals surface area contributed by atoms with Crippen molar-refractivity contribution in [1.82, 2.24) is 9.97 Å². The van der Waals surface area contributed by atoms with Crippen LogP contribution in [0.25, 0.3) is 0 Å². The fourth-order valence-electron chi connectivity index (χ4n) is 2.82. The first kappa shape index (κ1) is 13.1. The number of anilines is 2. The molecule has 0 radical (unpaired) electrons.